The number of allylic oxidation sites excluding steroid dienone is 1. The minimum Gasteiger partial charge on any atom is -0.375 e. The smallest absolute Gasteiger partial charge is 0.118 e. The van der Waals surface area contributed by atoms with Crippen molar-refractivity contribution in [3.8, 4) is 0 Å². The third-order valence-corrected chi connectivity index (χ3v) is 3.73. The number of nitrogens with zero attached hydrogens (tertiary/aromatic N) is 2. The maximum absolute atomic E-state index is 4.46. The minimum absolute atomic E-state index is 1.12. The Labute approximate surface area is 95.6 Å². The SMILES string of the molecule is C/C(=C\c1nc(C)cs1)N1CCCCC1. The summed E-state index contributed by atoms with van der Waals surface area (Å²) in [5.74, 6) is 0. The lowest BCUT2D eigenvalue weighted by Crippen LogP contribution is -2.27. The summed E-state index contributed by atoms with van der Waals surface area (Å²) < 4.78 is 0. The van der Waals surface area contributed by atoms with Crippen LogP contribution in [0.15, 0.2) is 11.1 Å². The van der Waals surface area contributed by atoms with Crippen LogP contribution in [0.2, 0.25) is 0 Å². The molecule has 0 aromatic carbocycles. The highest BCUT2D eigenvalue weighted by Crippen LogP contribution is 2.18. The van der Waals surface area contributed by atoms with Gasteiger partial charge in [-0.15, -0.1) is 11.3 Å². The molecule has 0 N–H and O–H groups in total. The molecular formula is C12H18N2S. The zero-order chi connectivity index (χ0) is 10.7. The molecule has 2 nitrogen and oxygen atoms in total. The van der Waals surface area contributed by atoms with Gasteiger partial charge in [0.1, 0.15) is 5.01 Å². The van der Waals surface area contributed by atoms with Gasteiger partial charge in [0.15, 0.2) is 0 Å². The molecule has 0 atom stereocenters. The number of rotatable bonds is 2. The van der Waals surface area contributed by atoms with E-state index in [2.05, 4.69) is 28.3 Å². The van der Waals surface area contributed by atoms with Gasteiger partial charge in [0.2, 0.25) is 0 Å². The molecule has 0 saturated carbocycles. The molecule has 2 rings (SSSR count). The summed E-state index contributed by atoms with van der Waals surface area (Å²) in [7, 11) is 0. The van der Waals surface area contributed by atoms with Crippen LogP contribution in [0.25, 0.3) is 6.08 Å². The molecule has 1 aliphatic rings. The minimum atomic E-state index is 1.12. The Bertz CT molecular complexity index is 348. The highest BCUT2D eigenvalue weighted by Gasteiger charge is 2.10. The average Bonchev–Trinajstić information content (AvgIpc) is 2.65. The highest BCUT2D eigenvalue weighted by molar-refractivity contribution is 7.10. The zero-order valence-corrected chi connectivity index (χ0v) is 10.3. The Hall–Kier alpha value is -0.830. The number of aryl methyl sites for hydroxylation is 1. The van der Waals surface area contributed by atoms with Gasteiger partial charge in [-0.3, -0.25) is 0 Å². The molecule has 1 aromatic heterocycles. The Kier molecular flexibility index (Phi) is 3.41. The van der Waals surface area contributed by atoms with E-state index in [1.165, 1.54) is 38.0 Å². The normalized spacial score (nSPS) is 18.3. The standard InChI is InChI=1S/C12H18N2S/c1-10-9-15-12(13-10)8-11(2)14-6-4-3-5-7-14/h8-9H,3-7H2,1-2H3/b11-8+. The van der Waals surface area contributed by atoms with Gasteiger partial charge in [-0.1, -0.05) is 0 Å². The lowest BCUT2D eigenvalue weighted by molar-refractivity contribution is 0.288. The quantitative estimate of drug-likeness (QED) is 0.763. The summed E-state index contributed by atoms with van der Waals surface area (Å²) >= 11 is 1.73. The third kappa shape index (κ3) is 2.81. The van der Waals surface area contributed by atoms with Crippen molar-refractivity contribution < 1.29 is 0 Å². The van der Waals surface area contributed by atoms with Crippen LogP contribution in [0, 0.1) is 6.92 Å². The number of hydrogen-bond donors (Lipinski definition) is 0. The van der Waals surface area contributed by atoms with E-state index < -0.39 is 0 Å². The lowest BCUT2D eigenvalue weighted by atomic mass is 10.1. The second-order valence-electron chi connectivity index (χ2n) is 4.16. The van der Waals surface area contributed by atoms with Gasteiger partial charge in [-0.2, -0.15) is 0 Å². The first-order chi connectivity index (χ1) is 7.25. The number of hydrogen-bond acceptors (Lipinski definition) is 3. The predicted molar refractivity (Wildman–Crippen MR) is 65.9 cm³/mol. The summed E-state index contributed by atoms with van der Waals surface area (Å²) in [4.78, 5) is 6.93. The van der Waals surface area contributed by atoms with Crippen molar-refractivity contribution in [3.63, 3.8) is 0 Å². The molecular weight excluding hydrogens is 204 g/mol. The van der Waals surface area contributed by atoms with E-state index in [0.717, 1.165) is 10.7 Å². The maximum Gasteiger partial charge on any atom is 0.118 e. The number of piperidine rings is 1. The summed E-state index contributed by atoms with van der Waals surface area (Å²) in [6.07, 6.45) is 6.27. The van der Waals surface area contributed by atoms with Crippen LogP contribution >= 0.6 is 11.3 Å². The van der Waals surface area contributed by atoms with Crippen molar-refractivity contribution in [3.05, 3.63) is 21.8 Å². The Morgan fingerprint density at radius 1 is 1.40 bits per heavy atom. The van der Waals surface area contributed by atoms with Crippen LogP contribution in [0.3, 0.4) is 0 Å². The molecule has 3 heteroatoms. The molecule has 2 heterocycles. The molecule has 0 amide bonds. The predicted octanol–water partition coefficient (Wildman–Crippen LogP) is 3.30. The fourth-order valence-electron chi connectivity index (χ4n) is 1.96. The zero-order valence-electron chi connectivity index (χ0n) is 9.49. The first-order valence-corrected chi connectivity index (χ1v) is 6.49. The van der Waals surface area contributed by atoms with Crippen molar-refractivity contribution >= 4 is 17.4 Å². The van der Waals surface area contributed by atoms with Gasteiger partial charge < -0.3 is 4.90 Å². The Balaban J connectivity index is 2.05. The molecule has 0 aliphatic carbocycles. The molecule has 0 unspecified atom stereocenters. The molecule has 1 aliphatic heterocycles. The van der Waals surface area contributed by atoms with Crippen LogP contribution in [0.5, 0.6) is 0 Å². The number of thiazole rings is 1. The number of likely N-dealkylation sites (tertiary alicyclic amines) is 1. The first-order valence-electron chi connectivity index (χ1n) is 5.61. The van der Waals surface area contributed by atoms with E-state index in [1.807, 2.05) is 6.92 Å². The van der Waals surface area contributed by atoms with Crippen LogP contribution in [-0.2, 0) is 0 Å². The molecule has 15 heavy (non-hydrogen) atoms. The van der Waals surface area contributed by atoms with Crippen LogP contribution in [-0.4, -0.2) is 23.0 Å². The van der Waals surface area contributed by atoms with Crippen molar-refractivity contribution in [1.82, 2.24) is 9.88 Å². The molecule has 0 radical (unpaired) electrons. The van der Waals surface area contributed by atoms with E-state index in [0.29, 0.717) is 0 Å². The largest absolute Gasteiger partial charge is 0.375 e. The van der Waals surface area contributed by atoms with Gasteiger partial charge in [0.25, 0.3) is 0 Å². The maximum atomic E-state index is 4.46. The van der Waals surface area contributed by atoms with Gasteiger partial charge in [0.05, 0.1) is 0 Å². The Morgan fingerprint density at radius 3 is 2.73 bits per heavy atom. The summed E-state index contributed by atoms with van der Waals surface area (Å²) in [6.45, 7) is 6.67. The van der Waals surface area contributed by atoms with Crippen LogP contribution < -0.4 is 0 Å². The van der Waals surface area contributed by atoms with E-state index in [-0.39, 0.29) is 0 Å². The van der Waals surface area contributed by atoms with Gasteiger partial charge in [0, 0.05) is 29.9 Å². The van der Waals surface area contributed by atoms with Gasteiger partial charge in [-0.25, -0.2) is 4.98 Å². The topological polar surface area (TPSA) is 16.1 Å². The van der Waals surface area contributed by atoms with Crippen molar-refractivity contribution in [1.29, 1.82) is 0 Å². The van der Waals surface area contributed by atoms with E-state index in [1.54, 1.807) is 11.3 Å². The highest BCUT2D eigenvalue weighted by atomic mass is 32.1. The van der Waals surface area contributed by atoms with Crippen molar-refractivity contribution in [2.75, 3.05) is 13.1 Å². The molecule has 1 fully saturated rings. The second kappa shape index (κ2) is 4.79. The molecule has 0 spiro atoms. The molecule has 82 valence electrons. The average molecular weight is 222 g/mol. The fraction of sp³-hybridized carbons (Fsp3) is 0.583. The van der Waals surface area contributed by atoms with Crippen molar-refractivity contribution in [2.45, 2.75) is 33.1 Å². The van der Waals surface area contributed by atoms with Gasteiger partial charge in [-0.05, 0) is 39.2 Å². The monoisotopic (exact) mass is 222 g/mol. The summed E-state index contributed by atoms with van der Waals surface area (Å²) in [5.41, 5.74) is 2.49. The van der Waals surface area contributed by atoms with Crippen LogP contribution in [0.1, 0.15) is 36.9 Å². The van der Waals surface area contributed by atoms with Crippen molar-refractivity contribution in [2.24, 2.45) is 0 Å². The number of aromatic nitrogens is 1. The van der Waals surface area contributed by atoms with E-state index in [4.69, 9.17) is 0 Å². The van der Waals surface area contributed by atoms with Crippen LogP contribution in [0.4, 0.5) is 0 Å². The summed E-state index contributed by atoms with van der Waals surface area (Å²) in [5, 5.41) is 3.24. The second-order valence-corrected chi connectivity index (χ2v) is 5.05. The lowest BCUT2D eigenvalue weighted by Gasteiger charge is -2.29. The molecule has 0 bridgehead atoms. The Morgan fingerprint density at radius 2 is 2.13 bits per heavy atom. The molecule has 1 aromatic rings. The van der Waals surface area contributed by atoms with E-state index in [9.17, 15) is 0 Å². The molecule has 1 saturated heterocycles. The fourth-order valence-corrected chi connectivity index (χ4v) is 2.73. The third-order valence-electron chi connectivity index (χ3n) is 2.82. The summed E-state index contributed by atoms with van der Waals surface area (Å²) in [6, 6.07) is 0. The van der Waals surface area contributed by atoms with E-state index >= 15 is 0 Å². The first kappa shape index (κ1) is 10.7. The van der Waals surface area contributed by atoms with Gasteiger partial charge >= 0.3 is 0 Å².